The zero-order valence-corrected chi connectivity index (χ0v) is 12.7. The number of hydrogen-bond donors (Lipinski definition) is 1. The van der Waals surface area contributed by atoms with Crippen molar-refractivity contribution in [2.45, 2.75) is 13.0 Å². The van der Waals surface area contributed by atoms with Gasteiger partial charge < -0.3 is 10.1 Å². The second kappa shape index (κ2) is 9.59. The Morgan fingerprint density at radius 2 is 2.05 bits per heavy atom. The van der Waals surface area contributed by atoms with Crippen molar-refractivity contribution in [3.05, 3.63) is 59.2 Å². The van der Waals surface area contributed by atoms with E-state index in [9.17, 15) is 0 Å². The fourth-order valence-corrected chi connectivity index (χ4v) is 1.90. The summed E-state index contributed by atoms with van der Waals surface area (Å²) in [6.07, 6.45) is 2.67. The normalized spacial score (nSPS) is 9.85. The first-order valence-electron chi connectivity index (χ1n) is 6.33. The number of aromatic nitrogens is 1. The molecule has 2 aromatic rings. The Kier molecular flexibility index (Phi) is 8.04. The van der Waals surface area contributed by atoms with Gasteiger partial charge in [-0.15, -0.1) is 12.4 Å². The molecule has 0 unspecified atom stereocenters. The summed E-state index contributed by atoms with van der Waals surface area (Å²) >= 11 is 5.92. The topological polar surface area (TPSA) is 34.1 Å². The molecule has 1 N–H and O–H groups in total. The van der Waals surface area contributed by atoms with Crippen molar-refractivity contribution in [2.75, 3.05) is 13.2 Å². The summed E-state index contributed by atoms with van der Waals surface area (Å²) in [5, 5.41) is 4.13. The molecule has 0 saturated heterocycles. The predicted octanol–water partition coefficient (Wildman–Crippen LogP) is 3.72. The average molecular weight is 313 g/mol. The molecule has 1 heterocycles. The van der Waals surface area contributed by atoms with Gasteiger partial charge in [0, 0.05) is 23.8 Å². The van der Waals surface area contributed by atoms with Crippen molar-refractivity contribution in [1.82, 2.24) is 10.3 Å². The molecule has 0 saturated carbocycles. The standard InChI is InChI=1S/C15H17ClN2O.ClH/c16-14-6-3-5-13(11-14)12-17-8-4-10-19-15-7-1-2-9-18-15;/h1-3,5-7,9,11,17H,4,8,10,12H2;1H. The molecular weight excluding hydrogens is 295 g/mol. The highest BCUT2D eigenvalue weighted by Crippen LogP contribution is 2.10. The number of pyridine rings is 1. The van der Waals surface area contributed by atoms with Crippen molar-refractivity contribution in [1.29, 1.82) is 0 Å². The van der Waals surface area contributed by atoms with Crippen LogP contribution in [0.2, 0.25) is 5.02 Å². The molecule has 0 radical (unpaired) electrons. The minimum absolute atomic E-state index is 0. The summed E-state index contributed by atoms with van der Waals surface area (Å²) in [5.74, 6) is 0.678. The van der Waals surface area contributed by atoms with Crippen LogP contribution in [-0.4, -0.2) is 18.1 Å². The van der Waals surface area contributed by atoms with Gasteiger partial charge in [0.25, 0.3) is 0 Å². The molecule has 1 aromatic carbocycles. The van der Waals surface area contributed by atoms with Crippen molar-refractivity contribution < 1.29 is 4.74 Å². The minimum Gasteiger partial charge on any atom is -0.478 e. The van der Waals surface area contributed by atoms with Gasteiger partial charge in [0.05, 0.1) is 6.61 Å². The molecule has 0 aliphatic rings. The number of benzene rings is 1. The molecule has 5 heteroatoms. The number of hydrogen-bond acceptors (Lipinski definition) is 3. The van der Waals surface area contributed by atoms with Gasteiger partial charge in [0.2, 0.25) is 5.88 Å². The Hall–Kier alpha value is -1.29. The molecule has 0 fully saturated rings. The lowest BCUT2D eigenvalue weighted by Gasteiger charge is -2.06. The Labute approximate surface area is 130 Å². The monoisotopic (exact) mass is 312 g/mol. The maximum absolute atomic E-state index is 5.92. The van der Waals surface area contributed by atoms with E-state index in [1.54, 1.807) is 6.20 Å². The largest absolute Gasteiger partial charge is 0.478 e. The van der Waals surface area contributed by atoms with Crippen molar-refractivity contribution in [3.63, 3.8) is 0 Å². The molecule has 3 nitrogen and oxygen atoms in total. The second-order valence-electron chi connectivity index (χ2n) is 4.18. The molecule has 20 heavy (non-hydrogen) atoms. The maximum Gasteiger partial charge on any atom is 0.213 e. The van der Waals surface area contributed by atoms with E-state index in [2.05, 4.69) is 16.4 Å². The summed E-state index contributed by atoms with van der Waals surface area (Å²) in [7, 11) is 0. The predicted molar refractivity (Wildman–Crippen MR) is 84.8 cm³/mol. The summed E-state index contributed by atoms with van der Waals surface area (Å²) in [6, 6.07) is 13.5. The van der Waals surface area contributed by atoms with Crippen LogP contribution < -0.4 is 10.1 Å². The van der Waals surface area contributed by atoms with Crippen LogP contribution in [0, 0.1) is 0 Å². The summed E-state index contributed by atoms with van der Waals surface area (Å²) in [6.45, 7) is 2.39. The van der Waals surface area contributed by atoms with Gasteiger partial charge in [0.1, 0.15) is 0 Å². The molecule has 0 aliphatic heterocycles. The molecule has 2 rings (SSSR count). The van der Waals surface area contributed by atoms with Gasteiger partial charge in [-0.3, -0.25) is 0 Å². The van der Waals surface area contributed by atoms with E-state index in [-0.39, 0.29) is 12.4 Å². The third-order valence-corrected chi connectivity index (χ3v) is 2.84. The molecule has 0 atom stereocenters. The van der Waals surface area contributed by atoms with Crippen molar-refractivity contribution in [3.8, 4) is 5.88 Å². The lowest BCUT2D eigenvalue weighted by atomic mass is 10.2. The molecule has 1 aromatic heterocycles. The smallest absolute Gasteiger partial charge is 0.213 e. The molecular formula is C15H18Cl2N2O. The number of rotatable bonds is 7. The van der Waals surface area contributed by atoms with Crippen LogP contribution in [0.4, 0.5) is 0 Å². The Morgan fingerprint density at radius 1 is 1.15 bits per heavy atom. The number of nitrogens with one attached hydrogen (secondary N) is 1. The first-order valence-corrected chi connectivity index (χ1v) is 6.71. The second-order valence-corrected chi connectivity index (χ2v) is 4.61. The molecule has 108 valence electrons. The third-order valence-electron chi connectivity index (χ3n) is 2.60. The van der Waals surface area contributed by atoms with Crippen molar-refractivity contribution in [2.24, 2.45) is 0 Å². The summed E-state index contributed by atoms with van der Waals surface area (Å²) < 4.78 is 5.51. The number of nitrogens with zero attached hydrogens (tertiary/aromatic N) is 1. The lowest BCUT2D eigenvalue weighted by molar-refractivity contribution is 0.296. The van der Waals surface area contributed by atoms with Gasteiger partial charge >= 0.3 is 0 Å². The zero-order chi connectivity index (χ0) is 13.3. The fraction of sp³-hybridized carbons (Fsp3) is 0.267. The third kappa shape index (κ3) is 6.24. The van der Waals surface area contributed by atoms with Crippen LogP contribution in [0.1, 0.15) is 12.0 Å². The van der Waals surface area contributed by atoms with Crippen LogP contribution >= 0.6 is 24.0 Å². The van der Waals surface area contributed by atoms with Crippen LogP contribution in [-0.2, 0) is 6.54 Å². The van der Waals surface area contributed by atoms with Crippen LogP contribution in [0.25, 0.3) is 0 Å². The van der Waals surface area contributed by atoms with Gasteiger partial charge in [-0.1, -0.05) is 29.8 Å². The van der Waals surface area contributed by atoms with Crippen LogP contribution in [0.15, 0.2) is 48.7 Å². The summed E-state index contributed by atoms with van der Waals surface area (Å²) in [4.78, 5) is 4.10. The molecule has 0 spiro atoms. The molecule has 0 amide bonds. The Bertz CT molecular complexity index is 494. The highest BCUT2D eigenvalue weighted by atomic mass is 35.5. The SMILES string of the molecule is Cl.Clc1cccc(CNCCCOc2ccccn2)c1. The van der Waals surface area contributed by atoms with E-state index in [1.165, 1.54) is 5.56 Å². The van der Waals surface area contributed by atoms with E-state index in [0.717, 1.165) is 24.5 Å². The highest BCUT2D eigenvalue weighted by molar-refractivity contribution is 6.30. The van der Waals surface area contributed by atoms with Gasteiger partial charge in [-0.2, -0.15) is 0 Å². The number of halogens is 2. The van der Waals surface area contributed by atoms with Crippen molar-refractivity contribution >= 4 is 24.0 Å². The Morgan fingerprint density at radius 3 is 2.80 bits per heavy atom. The fourth-order valence-electron chi connectivity index (χ4n) is 1.69. The van der Waals surface area contributed by atoms with Crippen LogP contribution in [0.5, 0.6) is 5.88 Å². The lowest BCUT2D eigenvalue weighted by Crippen LogP contribution is -2.17. The summed E-state index contributed by atoms with van der Waals surface area (Å²) in [5.41, 5.74) is 1.19. The van der Waals surface area contributed by atoms with E-state index in [0.29, 0.717) is 12.5 Å². The van der Waals surface area contributed by atoms with E-state index < -0.39 is 0 Å². The first-order chi connectivity index (χ1) is 9.34. The van der Waals surface area contributed by atoms with Gasteiger partial charge in [-0.25, -0.2) is 4.98 Å². The first kappa shape index (κ1) is 16.8. The number of ether oxygens (including phenoxy) is 1. The highest BCUT2D eigenvalue weighted by Gasteiger charge is 1.95. The van der Waals surface area contributed by atoms with Gasteiger partial charge in [0.15, 0.2) is 0 Å². The van der Waals surface area contributed by atoms with E-state index in [4.69, 9.17) is 16.3 Å². The molecule has 0 aliphatic carbocycles. The van der Waals surface area contributed by atoms with Crippen LogP contribution in [0.3, 0.4) is 0 Å². The Balaban J connectivity index is 0.00000200. The molecule has 0 bridgehead atoms. The quantitative estimate of drug-likeness (QED) is 0.791. The maximum atomic E-state index is 5.92. The van der Waals surface area contributed by atoms with E-state index in [1.807, 2.05) is 36.4 Å². The minimum atomic E-state index is 0. The zero-order valence-electron chi connectivity index (χ0n) is 11.1. The van der Waals surface area contributed by atoms with Gasteiger partial charge in [-0.05, 0) is 36.7 Å². The average Bonchev–Trinajstić information content (AvgIpc) is 2.44. The van der Waals surface area contributed by atoms with E-state index >= 15 is 0 Å².